The van der Waals surface area contributed by atoms with Crippen LogP contribution in [0, 0.1) is 27.0 Å². The molecule has 120 valence electrons. The number of hydrogen-bond acceptors (Lipinski definition) is 0. The van der Waals surface area contributed by atoms with Gasteiger partial charge in [0.1, 0.15) is 0 Å². The molecular formula is C22H24Ti-4. The summed E-state index contributed by atoms with van der Waals surface area (Å²) in [7, 11) is 0. The van der Waals surface area contributed by atoms with E-state index in [0.29, 0.717) is 0 Å². The second kappa shape index (κ2) is 12.0. The molecular weight excluding hydrogens is 312 g/mol. The quantitative estimate of drug-likeness (QED) is 0.369. The van der Waals surface area contributed by atoms with Crippen LogP contribution in [0.3, 0.4) is 0 Å². The fourth-order valence-corrected chi connectivity index (χ4v) is 2.34. The zero-order chi connectivity index (χ0) is 14.9. The van der Waals surface area contributed by atoms with Crippen LogP contribution < -0.4 is 0 Å². The summed E-state index contributed by atoms with van der Waals surface area (Å²) in [6.07, 6.45) is 11.0. The molecule has 0 atom stereocenters. The third-order valence-electron chi connectivity index (χ3n) is 3.20. The van der Waals surface area contributed by atoms with Gasteiger partial charge in [-0.25, -0.2) is 12.2 Å². The smallest absolute Gasteiger partial charge is 0.0253 e. The molecule has 0 aliphatic heterocycles. The van der Waals surface area contributed by atoms with Gasteiger partial charge in [-0.05, 0) is 6.42 Å². The maximum Gasteiger partial charge on any atom is -0.0253 e. The minimum absolute atomic E-state index is 0. The SMILES string of the molecule is C[CH]=[Ti].[C-]1=CC=CC1.[CH3-].[CH3-].[c-]1cccc2c1Cc1ccccc1-2. The molecule has 2 aliphatic rings. The number of rotatable bonds is 0. The van der Waals surface area contributed by atoms with Crippen LogP contribution in [0.15, 0.2) is 60.7 Å². The molecule has 4 rings (SSSR count). The molecule has 0 nitrogen and oxygen atoms in total. The van der Waals surface area contributed by atoms with Gasteiger partial charge < -0.3 is 14.9 Å². The first-order valence-electron chi connectivity index (χ1n) is 7.11. The van der Waals surface area contributed by atoms with E-state index in [0.717, 1.165) is 12.8 Å². The Morgan fingerprint density at radius 2 is 1.74 bits per heavy atom. The van der Waals surface area contributed by atoms with Gasteiger partial charge in [-0.3, -0.25) is 6.08 Å². The molecule has 0 unspecified atom stereocenters. The number of fused-ring (bicyclic) bond motifs is 3. The van der Waals surface area contributed by atoms with E-state index in [-0.39, 0.29) is 14.9 Å². The van der Waals surface area contributed by atoms with E-state index in [2.05, 4.69) is 54.6 Å². The predicted molar refractivity (Wildman–Crippen MR) is 99.7 cm³/mol. The average molecular weight is 336 g/mol. The normalized spacial score (nSPS) is 11.3. The van der Waals surface area contributed by atoms with Crippen LogP contribution in [-0.2, 0) is 26.4 Å². The summed E-state index contributed by atoms with van der Waals surface area (Å²) in [5, 5.41) is 0. The molecule has 0 heterocycles. The van der Waals surface area contributed by atoms with E-state index in [4.69, 9.17) is 0 Å². The van der Waals surface area contributed by atoms with E-state index in [1.54, 1.807) is 0 Å². The second-order valence-electron chi connectivity index (χ2n) is 4.69. The summed E-state index contributed by atoms with van der Waals surface area (Å²) in [5.41, 5.74) is 5.51. The van der Waals surface area contributed by atoms with Gasteiger partial charge in [-0.2, -0.15) is 35.9 Å². The van der Waals surface area contributed by atoms with Crippen molar-refractivity contribution in [1.82, 2.24) is 0 Å². The summed E-state index contributed by atoms with van der Waals surface area (Å²) in [5.74, 6) is 0. The first-order valence-corrected chi connectivity index (χ1v) is 8.01. The molecule has 0 N–H and O–H groups in total. The van der Waals surface area contributed by atoms with Crippen LogP contribution in [0.2, 0.25) is 0 Å². The first kappa shape index (κ1) is 21.5. The third kappa shape index (κ3) is 6.25. The predicted octanol–water partition coefficient (Wildman–Crippen LogP) is 5.62. The standard InChI is InChI=1S/C13H9.C5H5.C2H4.2CH3.Ti/c1-3-7-12-10(5-1)9-11-6-2-4-8-13(11)12;1-2-4-5-3-1;1-2;;;/h1-5,7-8H,9H2;1-3H,4H2;1H,2H3;2*1H3;/q2*-1;;2*-1;. The Labute approximate surface area is 153 Å². The number of hydrogen-bond donors (Lipinski definition) is 0. The van der Waals surface area contributed by atoms with Crippen LogP contribution in [0.5, 0.6) is 0 Å². The van der Waals surface area contributed by atoms with Crippen molar-refractivity contribution < 1.29 is 20.0 Å². The van der Waals surface area contributed by atoms with Crippen LogP contribution >= 0.6 is 0 Å². The molecule has 23 heavy (non-hydrogen) atoms. The summed E-state index contributed by atoms with van der Waals surface area (Å²) >= 11 is 2.00. The molecule has 0 bridgehead atoms. The van der Waals surface area contributed by atoms with Crippen molar-refractivity contribution in [2.75, 3.05) is 0 Å². The van der Waals surface area contributed by atoms with Crippen molar-refractivity contribution in [3.63, 3.8) is 0 Å². The fourth-order valence-electron chi connectivity index (χ4n) is 2.34. The zero-order valence-electron chi connectivity index (χ0n) is 14.3. The van der Waals surface area contributed by atoms with Crippen molar-refractivity contribution in [3.05, 3.63) is 98.8 Å². The van der Waals surface area contributed by atoms with Gasteiger partial charge in [0.15, 0.2) is 0 Å². The van der Waals surface area contributed by atoms with Gasteiger partial charge >= 0.3 is 31.2 Å². The van der Waals surface area contributed by atoms with Gasteiger partial charge in [0.2, 0.25) is 0 Å². The summed E-state index contributed by atoms with van der Waals surface area (Å²) < 4.78 is 2.00. The van der Waals surface area contributed by atoms with Crippen molar-refractivity contribution in [3.8, 4) is 11.1 Å². The summed E-state index contributed by atoms with van der Waals surface area (Å²) in [4.78, 5) is 0. The monoisotopic (exact) mass is 336 g/mol. The van der Waals surface area contributed by atoms with E-state index in [9.17, 15) is 0 Å². The minimum atomic E-state index is 0. The van der Waals surface area contributed by atoms with Gasteiger partial charge in [-0.15, -0.1) is 12.0 Å². The molecule has 2 aliphatic carbocycles. The maximum atomic E-state index is 3.30. The Balaban J connectivity index is 0.000000413. The Kier molecular flexibility index (Phi) is 11.2. The Morgan fingerprint density at radius 3 is 2.35 bits per heavy atom. The third-order valence-corrected chi connectivity index (χ3v) is 3.20. The van der Waals surface area contributed by atoms with Gasteiger partial charge in [-0.1, -0.05) is 35.4 Å². The van der Waals surface area contributed by atoms with Gasteiger partial charge in [0.05, 0.1) is 0 Å². The van der Waals surface area contributed by atoms with Crippen LogP contribution in [0.4, 0.5) is 0 Å². The zero-order valence-corrected chi connectivity index (χ0v) is 15.8. The van der Waals surface area contributed by atoms with Crippen LogP contribution in [-0.4, -0.2) is 4.31 Å². The summed E-state index contributed by atoms with van der Waals surface area (Å²) in [6.45, 7) is 2.00. The molecule has 2 aromatic rings. The second-order valence-corrected chi connectivity index (χ2v) is 5.59. The number of benzene rings is 2. The Hall–Kier alpha value is -1.50. The molecule has 0 radical (unpaired) electrons. The van der Waals surface area contributed by atoms with Crippen molar-refractivity contribution in [1.29, 1.82) is 0 Å². The van der Waals surface area contributed by atoms with Crippen molar-refractivity contribution in [2.24, 2.45) is 0 Å². The molecule has 0 fully saturated rings. The Bertz CT molecular complexity index is 597. The van der Waals surface area contributed by atoms with Gasteiger partial charge in [0, 0.05) is 0 Å². The molecule has 0 aromatic heterocycles. The average Bonchev–Trinajstić information content (AvgIpc) is 3.19. The summed E-state index contributed by atoms with van der Waals surface area (Å²) in [6, 6.07) is 18.1. The maximum absolute atomic E-state index is 3.30. The van der Waals surface area contributed by atoms with E-state index in [1.807, 2.05) is 49.4 Å². The minimum Gasteiger partial charge on any atom is -0.358 e. The largest absolute Gasteiger partial charge is 0.358 e. The molecule has 1 heteroatoms. The Morgan fingerprint density at radius 1 is 1.04 bits per heavy atom. The topological polar surface area (TPSA) is 0 Å². The number of allylic oxidation sites excluding steroid dienone is 4. The first-order chi connectivity index (χ1) is 10.4. The van der Waals surface area contributed by atoms with Crippen molar-refractivity contribution in [2.45, 2.75) is 19.8 Å². The fraction of sp³-hybridized carbons (Fsp3) is 0.136. The van der Waals surface area contributed by atoms with Gasteiger partial charge in [0.25, 0.3) is 0 Å². The molecule has 0 spiro atoms. The van der Waals surface area contributed by atoms with E-state index >= 15 is 0 Å². The van der Waals surface area contributed by atoms with Crippen LogP contribution in [0.25, 0.3) is 11.1 Å². The van der Waals surface area contributed by atoms with Crippen LogP contribution in [0.1, 0.15) is 24.5 Å². The molecule has 2 aromatic carbocycles. The molecule has 0 saturated heterocycles. The van der Waals surface area contributed by atoms with Crippen molar-refractivity contribution >= 4 is 4.31 Å². The molecule has 0 amide bonds. The van der Waals surface area contributed by atoms with E-state index in [1.165, 1.54) is 22.3 Å². The molecule has 0 saturated carbocycles. The van der Waals surface area contributed by atoms with E-state index < -0.39 is 0 Å².